The second-order valence-corrected chi connectivity index (χ2v) is 3.18. The lowest BCUT2D eigenvalue weighted by molar-refractivity contribution is 0.661. The normalized spacial score (nSPS) is 15.5. The molecule has 0 spiro atoms. The van der Waals surface area contributed by atoms with Gasteiger partial charge in [0.05, 0.1) is 0 Å². The predicted molar refractivity (Wildman–Crippen MR) is 49.3 cm³/mol. The first-order chi connectivity index (χ1) is 5.43. The van der Waals surface area contributed by atoms with Crippen molar-refractivity contribution in [3.05, 3.63) is 23.8 Å². The number of hydrogen-bond donors (Lipinski definition) is 0. The van der Waals surface area contributed by atoms with Crippen molar-refractivity contribution >= 4 is 0 Å². The lowest BCUT2D eigenvalue weighted by atomic mass is 10.1. The Morgan fingerprint density at radius 3 is 2.91 bits per heavy atom. The molecule has 0 heteroatoms. The first-order valence-electron chi connectivity index (χ1n) is 4.68. The Morgan fingerprint density at radius 1 is 1.36 bits per heavy atom. The van der Waals surface area contributed by atoms with Gasteiger partial charge in [-0.15, -0.1) is 0 Å². The molecule has 0 nitrogen and oxygen atoms in total. The van der Waals surface area contributed by atoms with Gasteiger partial charge in [-0.05, 0) is 25.3 Å². The van der Waals surface area contributed by atoms with Crippen molar-refractivity contribution in [1.82, 2.24) is 0 Å². The van der Waals surface area contributed by atoms with Gasteiger partial charge in [-0.1, -0.05) is 43.9 Å². The van der Waals surface area contributed by atoms with E-state index in [0.29, 0.717) is 0 Å². The largest absolute Gasteiger partial charge is 0.0658 e. The van der Waals surface area contributed by atoms with Gasteiger partial charge in [0.2, 0.25) is 0 Å². The molecule has 0 bridgehead atoms. The number of allylic oxidation sites excluding steroid dienone is 4. The van der Waals surface area contributed by atoms with Crippen LogP contribution in [0, 0.1) is 6.08 Å². The van der Waals surface area contributed by atoms with Gasteiger partial charge in [0, 0.05) is 0 Å². The van der Waals surface area contributed by atoms with E-state index in [2.05, 4.69) is 25.2 Å². The third kappa shape index (κ3) is 3.41. The second kappa shape index (κ2) is 5.17. The lowest BCUT2D eigenvalue weighted by Gasteiger charge is -1.99. The molecule has 0 aliphatic heterocycles. The fourth-order valence-electron chi connectivity index (χ4n) is 1.38. The van der Waals surface area contributed by atoms with E-state index in [1.807, 2.05) is 0 Å². The molecule has 11 heavy (non-hydrogen) atoms. The zero-order chi connectivity index (χ0) is 7.94. The Balaban J connectivity index is 1.95. The first-order valence-corrected chi connectivity index (χ1v) is 4.68. The van der Waals surface area contributed by atoms with E-state index in [1.165, 1.54) is 32.1 Å². The topological polar surface area (TPSA) is 0 Å². The van der Waals surface area contributed by atoms with Crippen LogP contribution in [0.15, 0.2) is 17.7 Å². The summed E-state index contributed by atoms with van der Waals surface area (Å²) in [6.45, 7) is 2.25. The van der Waals surface area contributed by atoms with E-state index in [0.717, 1.165) is 6.42 Å². The van der Waals surface area contributed by atoms with Crippen LogP contribution < -0.4 is 0 Å². The van der Waals surface area contributed by atoms with Crippen molar-refractivity contribution in [2.45, 2.75) is 45.4 Å². The maximum absolute atomic E-state index is 3.20. The van der Waals surface area contributed by atoms with Gasteiger partial charge in [-0.2, -0.15) is 0 Å². The second-order valence-electron chi connectivity index (χ2n) is 3.18. The summed E-state index contributed by atoms with van der Waals surface area (Å²) in [6, 6.07) is 0. The van der Waals surface area contributed by atoms with E-state index in [-0.39, 0.29) is 0 Å². The highest BCUT2D eigenvalue weighted by molar-refractivity contribution is 5.19. The van der Waals surface area contributed by atoms with E-state index in [1.54, 1.807) is 5.57 Å². The standard InChI is InChI=1S/C11H17/c1-2-3-4-5-8-11-9-6-7-10-11/h6,9H,2-5,8,10H2,1H3. The molecule has 0 aromatic heterocycles. The maximum atomic E-state index is 3.20. The highest BCUT2D eigenvalue weighted by Crippen LogP contribution is 2.17. The molecule has 1 radical (unpaired) electrons. The van der Waals surface area contributed by atoms with Crippen LogP contribution in [0.25, 0.3) is 0 Å². The van der Waals surface area contributed by atoms with Gasteiger partial charge >= 0.3 is 0 Å². The molecule has 0 saturated heterocycles. The van der Waals surface area contributed by atoms with Crippen LogP contribution in [-0.4, -0.2) is 0 Å². The predicted octanol–water partition coefficient (Wildman–Crippen LogP) is 3.65. The summed E-state index contributed by atoms with van der Waals surface area (Å²) < 4.78 is 0. The zero-order valence-corrected chi connectivity index (χ0v) is 7.40. The molecule has 0 heterocycles. The molecule has 1 aliphatic carbocycles. The molecular formula is C11H17. The van der Waals surface area contributed by atoms with Gasteiger partial charge in [0.1, 0.15) is 0 Å². The molecule has 0 atom stereocenters. The molecular weight excluding hydrogens is 132 g/mol. The van der Waals surface area contributed by atoms with Crippen LogP contribution in [0.5, 0.6) is 0 Å². The van der Waals surface area contributed by atoms with Crippen molar-refractivity contribution < 1.29 is 0 Å². The summed E-state index contributed by atoms with van der Waals surface area (Å²) in [5.41, 5.74) is 1.57. The monoisotopic (exact) mass is 149 g/mol. The zero-order valence-electron chi connectivity index (χ0n) is 7.40. The molecule has 0 amide bonds. The van der Waals surface area contributed by atoms with Gasteiger partial charge in [0.15, 0.2) is 0 Å². The van der Waals surface area contributed by atoms with Crippen LogP contribution in [0.1, 0.15) is 45.4 Å². The van der Waals surface area contributed by atoms with Crippen LogP contribution in [0.4, 0.5) is 0 Å². The summed E-state index contributed by atoms with van der Waals surface area (Å²) in [5, 5.41) is 0. The molecule has 0 unspecified atom stereocenters. The van der Waals surface area contributed by atoms with E-state index in [4.69, 9.17) is 0 Å². The molecule has 0 aromatic carbocycles. The lowest BCUT2D eigenvalue weighted by Crippen LogP contribution is -1.80. The van der Waals surface area contributed by atoms with Crippen molar-refractivity contribution in [1.29, 1.82) is 0 Å². The Kier molecular flexibility index (Phi) is 4.03. The first kappa shape index (κ1) is 8.58. The van der Waals surface area contributed by atoms with E-state index >= 15 is 0 Å². The Labute approximate surface area is 70.0 Å². The fourth-order valence-corrected chi connectivity index (χ4v) is 1.38. The smallest absolute Gasteiger partial charge is 0.00611 e. The van der Waals surface area contributed by atoms with Crippen LogP contribution in [-0.2, 0) is 0 Å². The molecule has 1 aliphatic rings. The minimum Gasteiger partial charge on any atom is -0.0658 e. The van der Waals surface area contributed by atoms with Gasteiger partial charge in [-0.25, -0.2) is 0 Å². The van der Waals surface area contributed by atoms with Crippen LogP contribution in [0.2, 0.25) is 0 Å². The minimum absolute atomic E-state index is 1.09. The molecule has 0 aromatic rings. The SMILES string of the molecule is CCCCCCC1=CC=[C]C1. The maximum Gasteiger partial charge on any atom is -0.00611 e. The highest BCUT2D eigenvalue weighted by atomic mass is 14.0. The van der Waals surface area contributed by atoms with Crippen molar-refractivity contribution in [3.8, 4) is 0 Å². The summed E-state index contributed by atoms with van der Waals surface area (Å²) in [5.74, 6) is 0. The van der Waals surface area contributed by atoms with Crippen molar-refractivity contribution in [3.63, 3.8) is 0 Å². The molecule has 61 valence electrons. The van der Waals surface area contributed by atoms with Gasteiger partial charge in [-0.3, -0.25) is 0 Å². The minimum atomic E-state index is 1.09. The Morgan fingerprint density at radius 2 is 2.27 bits per heavy atom. The molecule has 0 N–H and O–H groups in total. The summed E-state index contributed by atoms with van der Waals surface area (Å²) in [4.78, 5) is 0. The quantitative estimate of drug-likeness (QED) is 0.523. The summed E-state index contributed by atoms with van der Waals surface area (Å²) >= 11 is 0. The number of rotatable bonds is 5. The fraction of sp³-hybridized carbons (Fsp3) is 0.636. The average Bonchev–Trinajstić information content (AvgIpc) is 2.50. The number of unbranched alkanes of at least 4 members (excludes halogenated alkanes) is 3. The van der Waals surface area contributed by atoms with Crippen LogP contribution >= 0.6 is 0 Å². The van der Waals surface area contributed by atoms with Crippen LogP contribution in [0.3, 0.4) is 0 Å². The molecule has 0 fully saturated rings. The van der Waals surface area contributed by atoms with Crippen molar-refractivity contribution in [2.24, 2.45) is 0 Å². The third-order valence-corrected chi connectivity index (χ3v) is 2.12. The third-order valence-electron chi connectivity index (χ3n) is 2.12. The van der Waals surface area contributed by atoms with Crippen molar-refractivity contribution in [2.75, 3.05) is 0 Å². The molecule has 1 rings (SSSR count). The van der Waals surface area contributed by atoms with Gasteiger partial charge in [0.25, 0.3) is 0 Å². The Bertz CT molecular complexity index is 151. The van der Waals surface area contributed by atoms with Gasteiger partial charge < -0.3 is 0 Å². The van der Waals surface area contributed by atoms with E-state index in [9.17, 15) is 0 Å². The summed E-state index contributed by atoms with van der Waals surface area (Å²) in [6.07, 6.45) is 15.3. The van der Waals surface area contributed by atoms with E-state index < -0.39 is 0 Å². The Hall–Kier alpha value is -0.520. The summed E-state index contributed by atoms with van der Waals surface area (Å²) in [7, 11) is 0. The molecule has 0 saturated carbocycles. The average molecular weight is 149 g/mol. The number of hydrogen-bond acceptors (Lipinski definition) is 0. The highest BCUT2D eigenvalue weighted by Gasteiger charge is 1.98.